The van der Waals surface area contributed by atoms with E-state index in [1.165, 1.54) is 24.2 Å². The molecule has 1 amide bonds. The van der Waals surface area contributed by atoms with Gasteiger partial charge < -0.3 is 21.4 Å². The third kappa shape index (κ3) is 4.46. The first-order valence-corrected chi connectivity index (χ1v) is 10.6. The molecular weight excluding hydrogens is 398 g/mol. The number of carbonyl (C=O) groups excluding carboxylic acids is 1. The van der Waals surface area contributed by atoms with Crippen molar-refractivity contribution in [3.63, 3.8) is 0 Å². The molecule has 4 N–H and O–H groups in total. The van der Waals surface area contributed by atoms with Crippen LogP contribution in [0.2, 0.25) is 0 Å². The first kappa shape index (κ1) is 20.0. The van der Waals surface area contributed by atoms with Gasteiger partial charge in [-0.3, -0.25) is 4.79 Å². The number of thiazole rings is 1. The van der Waals surface area contributed by atoms with Gasteiger partial charge in [-0.25, -0.2) is 15.0 Å². The molecule has 0 bridgehead atoms. The van der Waals surface area contributed by atoms with Crippen LogP contribution in [0.25, 0.3) is 0 Å². The Hall–Kier alpha value is -3.33. The molecule has 154 valence electrons. The quantitative estimate of drug-likeness (QED) is 0.404. The summed E-state index contributed by atoms with van der Waals surface area (Å²) in [6.45, 7) is 2.01. The lowest BCUT2D eigenvalue weighted by Gasteiger charge is -2.17. The highest BCUT2D eigenvalue weighted by Crippen LogP contribution is 2.41. The number of amides is 1. The van der Waals surface area contributed by atoms with Gasteiger partial charge in [-0.15, -0.1) is 11.3 Å². The summed E-state index contributed by atoms with van der Waals surface area (Å²) in [5.41, 5.74) is 2.21. The summed E-state index contributed by atoms with van der Waals surface area (Å²) in [6.07, 6.45) is 6.77. The largest absolute Gasteiger partial charge is 0.371 e. The van der Waals surface area contributed by atoms with Crippen LogP contribution in [0.15, 0.2) is 36.7 Å². The Morgan fingerprint density at radius 2 is 2.13 bits per heavy atom. The fraction of sp³-hybridized carbons (Fsp3) is 0.286. The minimum absolute atomic E-state index is 0.0587. The average molecular weight is 422 g/mol. The number of rotatable bonds is 8. The predicted molar refractivity (Wildman–Crippen MR) is 120 cm³/mol. The van der Waals surface area contributed by atoms with Crippen molar-refractivity contribution < 1.29 is 4.79 Å². The molecular formula is C21H23N7OS. The highest BCUT2D eigenvalue weighted by molar-refractivity contribution is 7.13. The van der Waals surface area contributed by atoms with Crippen molar-refractivity contribution >= 4 is 40.8 Å². The molecule has 1 aliphatic rings. The number of nitrogens with one attached hydrogen (secondary N) is 4. The number of benzene rings is 1. The summed E-state index contributed by atoms with van der Waals surface area (Å²) in [5, 5.41) is 17.6. The van der Waals surface area contributed by atoms with Crippen molar-refractivity contribution in [1.82, 2.24) is 15.0 Å². The van der Waals surface area contributed by atoms with Crippen molar-refractivity contribution in [2.45, 2.75) is 31.7 Å². The molecule has 0 aliphatic heterocycles. The van der Waals surface area contributed by atoms with Crippen LogP contribution in [-0.4, -0.2) is 34.1 Å². The summed E-state index contributed by atoms with van der Waals surface area (Å²) in [4.78, 5) is 26.3. The molecule has 3 aromatic rings. The van der Waals surface area contributed by atoms with Gasteiger partial charge in [0.2, 0.25) is 0 Å². The molecule has 1 saturated carbocycles. The maximum Gasteiger partial charge on any atom is 0.267 e. The molecule has 1 aliphatic carbocycles. The van der Waals surface area contributed by atoms with Gasteiger partial charge >= 0.3 is 0 Å². The second-order valence-corrected chi connectivity index (χ2v) is 8.23. The lowest BCUT2D eigenvalue weighted by atomic mass is 10.1. The van der Waals surface area contributed by atoms with Gasteiger partial charge in [-0.05, 0) is 37.5 Å². The van der Waals surface area contributed by atoms with Crippen molar-refractivity contribution in [3.8, 4) is 0 Å². The highest BCUT2D eigenvalue weighted by atomic mass is 32.1. The Balaban J connectivity index is 1.44. The van der Waals surface area contributed by atoms with Gasteiger partial charge in [0.25, 0.3) is 5.91 Å². The monoisotopic (exact) mass is 421 g/mol. The van der Waals surface area contributed by atoms with E-state index in [0.29, 0.717) is 28.1 Å². The summed E-state index contributed by atoms with van der Waals surface area (Å²) in [7, 11) is 1.74. The Labute approximate surface area is 178 Å². The number of anilines is 3. The Morgan fingerprint density at radius 3 is 2.87 bits per heavy atom. The number of aromatic nitrogens is 3. The molecule has 1 atom stereocenters. The van der Waals surface area contributed by atoms with Crippen molar-refractivity contribution in [2.24, 2.45) is 0 Å². The second kappa shape index (κ2) is 8.58. The van der Waals surface area contributed by atoms with Crippen LogP contribution >= 0.6 is 11.3 Å². The average Bonchev–Trinajstić information content (AvgIpc) is 3.50. The van der Waals surface area contributed by atoms with E-state index < -0.39 is 0 Å². The van der Waals surface area contributed by atoms with Crippen molar-refractivity contribution in [3.05, 3.63) is 57.8 Å². The van der Waals surface area contributed by atoms with Crippen LogP contribution in [-0.2, 0) is 0 Å². The van der Waals surface area contributed by atoms with Gasteiger partial charge in [-0.2, -0.15) is 0 Å². The molecule has 0 saturated heterocycles. The van der Waals surface area contributed by atoms with Crippen LogP contribution in [0.4, 0.5) is 17.3 Å². The van der Waals surface area contributed by atoms with Crippen LogP contribution in [0.5, 0.6) is 0 Å². The van der Waals surface area contributed by atoms with Crippen molar-refractivity contribution in [2.75, 3.05) is 23.0 Å². The third-order valence-corrected chi connectivity index (χ3v) is 6.02. The maximum atomic E-state index is 12.6. The first-order chi connectivity index (χ1) is 14.6. The van der Waals surface area contributed by atoms with E-state index in [2.05, 4.69) is 30.9 Å². The van der Waals surface area contributed by atoms with E-state index >= 15 is 0 Å². The van der Waals surface area contributed by atoms with Gasteiger partial charge in [-0.1, -0.05) is 12.1 Å². The predicted octanol–water partition coefficient (Wildman–Crippen LogP) is 4.28. The normalized spacial score (nSPS) is 14.1. The third-order valence-electron chi connectivity index (χ3n) is 4.86. The first-order valence-electron chi connectivity index (χ1n) is 9.76. The van der Waals surface area contributed by atoms with Gasteiger partial charge in [0.05, 0.1) is 23.4 Å². The van der Waals surface area contributed by atoms with Crippen molar-refractivity contribution in [1.29, 1.82) is 5.41 Å². The van der Waals surface area contributed by atoms with E-state index in [4.69, 9.17) is 5.41 Å². The lowest BCUT2D eigenvalue weighted by molar-refractivity contribution is 0.103. The van der Waals surface area contributed by atoms with Crippen LogP contribution in [0, 0.1) is 5.41 Å². The van der Waals surface area contributed by atoms with E-state index in [9.17, 15) is 4.79 Å². The van der Waals surface area contributed by atoms with Gasteiger partial charge in [0, 0.05) is 24.9 Å². The van der Waals surface area contributed by atoms with E-state index in [-0.39, 0.29) is 11.9 Å². The lowest BCUT2D eigenvalue weighted by Crippen LogP contribution is -2.12. The van der Waals surface area contributed by atoms with Gasteiger partial charge in [0.1, 0.15) is 16.4 Å². The molecule has 0 unspecified atom stereocenters. The smallest absolute Gasteiger partial charge is 0.267 e. The van der Waals surface area contributed by atoms with Crippen LogP contribution in [0.1, 0.15) is 57.7 Å². The molecule has 0 spiro atoms. The maximum absolute atomic E-state index is 12.6. The fourth-order valence-electron chi connectivity index (χ4n) is 3.05. The van der Waals surface area contributed by atoms with E-state index in [1.807, 2.05) is 31.2 Å². The molecule has 0 radical (unpaired) electrons. The van der Waals surface area contributed by atoms with E-state index in [0.717, 1.165) is 22.5 Å². The summed E-state index contributed by atoms with van der Waals surface area (Å²) >= 11 is 1.48. The Bertz CT molecular complexity index is 1080. The molecule has 1 aromatic carbocycles. The molecule has 30 heavy (non-hydrogen) atoms. The Morgan fingerprint density at radius 1 is 1.30 bits per heavy atom. The minimum atomic E-state index is -0.135. The fourth-order valence-corrected chi connectivity index (χ4v) is 4.04. The zero-order valence-corrected chi connectivity index (χ0v) is 17.6. The zero-order valence-electron chi connectivity index (χ0n) is 16.8. The minimum Gasteiger partial charge on any atom is -0.371 e. The molecule has 9 heteroatoms. The van der Waals surface area contributed by atoms with Crippen LogP contribution < -0.4 is 16.0 Å². The highest BCUT2D eigenvalue weighted by Gasteiger charge is 2.27. The summed E-state index contributed by atoms with van der Waals surface area (Å²) in [5.74, 6) is 1.55. The molecule has 4 rings (SSSR count). The topological polar surface area (TPSA) is 116 Å². The van der Waals surface area contributed by atoms with Gasteiger partial charge in [0.15, 0.2) is 5.82 Å². The zero-order chi connectivity index (χ0) is 21.1. The molecule has 2 aromatic heterocycles. The van der Waals surface area contributed by atoms with Crippen LogP contribution in [0.3, 0.4) is 0 Å². The molecule has 2 heterocycles. The number of hydrogen-bond donors (Lipinski definition) is 4. The Kier molecular flexibility index (Phi) is 5.71. The number of carbonyl (C=O) groups is 1. The number of nitrogens with zero attached hydrogens (tertiary/aromatic N) is 3. The SMILES string of the molecule is CNc1nc(N[C@@H](C)c2cccc(NC(=O)c3cnc(C4CC4)s3)c2)cnc1C=N. The second-order valence-electron chi connectivity index (χ2n) is 7.17. The standard InChI is InChI=1S/C21H23N7OS/c1-12(26-18-11-24-16(9-22)19(23-2)28-18)14-4-3-5-15(8-14)27-20(29)17-10-25-21(30-17)13-6-7-13/h3-5,8-13,22H,6-7H2,1-2H3,(H,27,29)(H2,23,26,28)/t12-/m0/s1. The molecule has 8 nitrogen and oxygen atoms in total. The molecule has 1 fully saturated rings. The van der Waals surface area contributed by atoms with E-state index in [1.54, 1.807) is 19.4 Å². The summed E-state index contributed by atoms with van der Waals surface area (Å²) in [6, 6.07) is 7.65. The number of hydrogen-bond acceptors (Lipinski definition) is 8. The summed E-state index contributed by atoms with van der Waals surface area (Å²) < 4.78 is 0.